The van der Waals surface area contributed by atoms with E-state index in [-0.39, 0.29) is 5.92 Å². The summed E-state index contributed by atoms with van der Waals surface area (Å²) >= 11 is 3.38. The number of ether oxygens (including phenoxy) is 1. The molecular weight excluding hydrogens is 340 g/mol. The van der Waals surface area contributed by atoms with E-state index in [9.17, 15) is 8.42 Å². The molecule has 0 aromatic heterocycles. The van der Waals surface area contributed by atoms with Gasteiger partial charge in [-0.25, -0.2) is 8.42 Å². The summed E-state index contributed by atoms with van der Waals surface area (Å²) in [6, 6.07) is 16.2. The normalized spacial score (nSPS) is 22.2. The second kappa shape index (κ2) is 5.31. The fraction of sp³-hybridized carbons (Fsp3) is 0.200. The zero-order valence-corrected chi connectivity index (χ0v) is 13.0. The SMILES string of the molecule is O=S(=O)(c1ccccc1)[C@H]1OC[C@H]1c1ccc(Br)cc1. The van der Waals surface area contributed by atoms with E-state index in [4.69, 9.17) is 4.74 Å². The first-order valence-electron chi connectivity index (χ1n) is 6.25. The summed E-state index contributed by atoms with van der Waals surface area (Å²) in [5.41, 5.74) is 0.204. The van der Waals surface area contributed by atoms with Gasteiger partial charge in [0.15, 0.2) is 5.44 Å². The van der Waals surface area contributed by atoms with E-state index in [2.05, 4.69) is 15.9 Å². The molecule has 2 aromatic rings. The number of hydrogen-bond donors (Lipinski definition) is 0. The molecule has 5 heteroatoms. The van der Waals surface area contributed by atoms with Crippen LogP contribution in [0.5, 0.6) is 0 Å². The number of sulfone groups is 1. The maximum atomic E-state index is 12.5. The average molecular weight is 353 g/mol. The van der Waals surface area contributed by atoms with Crippen LogP contribution in [0.3, 0.4) is 0 Å². The number of rotatable bonds is 3. The highest BCUT2D eigenvalue weighted by atomic mass is 79.9. The minimum absolute atomic E-state index is 0.103. The van der Waals surface area contributed by atoms with Crippen molar-refractivity contribution in [3.05, 3.63) is 64.6 Å². The zero-order chi connectivity index (χ0) is 14.2. The van der Waals surface area contributed by atoms with Crippen molar-refractivity contribution in [1.82, 2.24) is 0 Å². The summed E-state index contributed by atoms with van der Waals surface area (Å²) in [7, 11) is -3.44. The largest absolute Gasteiger partial charge is 0.360 e. The van der Waals surface area contributed by atoms with Crippen molar-refractivity contribution in [3.63, 3.8) is 0 Å². The Balaban J connectivity index is 1.90. The van der Waals surface area contributed by atoms with Crippen LogP contribution in [0.15, 0.2) is 64.0 Å². The van der Waals surface area contributed by atoms with Crippen LogP contribution in [0, 0.1) is 0 Å². The Kier molecular flexibility index (Phi) is 3.67. The Bertz CT molecular complexity index is 696. The van der Waals surface area contributed by atoms with Crippen molar-refractivity contribution in [3.8, 4) is 0 Å². The van der Waals surface area contributed by atoms with Crippen LogP contribution >= 0.6 is 15.9 Å². The maximum Gasteiger partial charge on any atom is 0.205 e. The molecule has 0 aliphatic carbocycles. The molecule has 1 heterocycles. The van der Waals surface area contributed by atoms with E-state index in [0.717, 1.165) is 10.0 Å². The first-order chi connectivity index (χ1) is 9.59. The Labute approximate surface area is 126 Å². The van der Waals surface area contributed by atoms with Crippen molar-refractivity contribution >= 4 is 25.8 Å². The average Bonchev–Trinajstić information content (AvgIpc) is 2.40. The van der Waals surface area contributed by atoms with Crippen LogP contribution in [-0.4, -0.2) is 20.5 Å². The van der Waals surface area contributed by atoms with Gasteiger partial charge in [-0.3, -0.25) is 0 Å². The Hall–Kier alpha value is -1.17. The monoisotopic (exact) mass is 352 g/mol. The second-order valence-electron chi connectivity index (χ2n) is 4.72. The molecule has 3 rings (SSSR count). The summed E-state index contributed by atoms with van der Waals surface area (Å²) in [6.45, 7) is 0.443. The van der Waals surface area contributed by atoms with Crippen molar-refractivity contribution in [1.29, 1.82) is 0 Å². The van der Waals surface area contributed by atoms with E-state index in [1.807, 2.05) is 24.3 Å². The van der Waals surface area contributed by atoms with Crippen molar-refractivity contribution in [2.24, 2.45) is 0 Å². The van der Waals surface area contributed by atoms with Crippen LogP contribution in [-0.2, 0) is 14.6 Å². The van der Waals surface area contributed by atoms with Gasteiger partial charge < -0.3 is 4.74 Å². The summed E-state index contributed by atoms with van der Waals surface area (Å²) in [4.78, 5) is 0.312. The molecule has 0 unspecified atom stereocenters. The summed E-state index contributed by atoms with van der Waals surface area (Å²) in [5.74, 6) is -0.103. The van der Waals surface area contributed by atoms with Gasteiger partial charge in [0.1, 0.15) is 0 Å². The molecule has 0 N–H and O–H groups in total. The van der Waals surface area contributed by atoms with E-state index in [0.29, 0.717) is 11.5 Å². The zero-order valence-electron chi connectivity index (χ0n) is 10.6. The first-order valence-corrected chi connectivity index (χ1v) is 8.59. The third-order valence-electron chi connectivity index (χ3n) is 3.44. The van der Waals surface area contributed by atoms with Gasteiger partial charge in [0.25, 0.3) is 0 Å². The molecular formula is C15H13BrO3S. The van der Waals surface area contributed by atoms with Gasteiger partial charge in [-0.2, -0.15) is 0 Å². The highest BCUT2D eigenvalue weighted by Gasteiger charge is 2.43. The second-order valence-corrected chi connectivity index (χ2v) is 7.66. The van der Waals surface area contributed by atoms with Crippen LogP contribution in [0.1, 0.15) is 11.5 Å². The van der Waals surface area contributed by atoms with Crippen molar-refractivity contribution in [2.45, 2.75) is 16.2 Å². The molecule has 0 bridgehead atoms. The lowest BCUT2D eigenvalue weighted by Crippen LogP contribution is -2.43. The fourth-order valence-corrected chi connectivity index (χ4v) is 4.28. The lowest BCUT2D eigenvalue weighted by atomic mass is 9.97. The quantitative estimate of drug-likeness (QED) is 0.850. The van der Waals surface area contributed by atoms with Crippen LogP contribution in [0.4, 0.5) is 0 Å². The predicted octanol–water partition coefficient (Wildman–Crippen LogP) is 3.36. The molecule has 2 aromatic carbocycles. The molecule has 0 amide bonds. The van der Waals surface area contributed by atoms with E-state index < -0.39 is 15.3 Å². The van der Waals surface area contributed by atoms with Gasteiger partial charge in [-0.1, -0.05) is 46.3 Å². The summed E-state index contributed by atoms with van der Waals surface area (Å²) < 4.78 is 31.4. The van der Waals surface area contributed by atoms with Gasteiger partial charge in [-0.15, -0.1) is 0 Å². The molecule has 2 atom stereocenters. The summed E-state index contributed by atoms with van der Waals surface area (Å²) in [6.07, 6.45) is 0. The van der Waals surface area contributed by atoms with Gasteiger partial charge in [0, 0.05) is 10.4 Å². The van der Waals surface area contributed by atoms with Gasteiger partial charge in [-0.05, 0) is 29.8 Å². The molecule has 0 saturated carbocycles. The fourth-order valence-electron chi connectivity index (χ4n) is 2.28. The van der Waals surface area contributed by atoms with E-state index in [1.165, 1.54) is 0 Å². The molecule has 0 radical (unpaired) electrons. The van der Waals surface area contributed by atoms with Crippen molar-refractivity contribution in [2.75, 3.05) is 6.61 Å². The highest BCUT2D eigenvalue weighted by molar-refractivity contribution is 9.10. The lowest BCUT2D eigenvalue weighted by molar-refractivity contribution is -0.0245. The van der Waals surface area contributed by atoms with Gasteiger partial charge >= 0.3 is 0 Å². The standard InChI is InChI=1S/C15H13BrO3S/c16-12-8-6-11(7-9-12)14-10-19-15(14)20(17,18)13-4-2-1-3-5-13/h1-9,14-15H,10H2/t14-,15+/m0/s1. The third kappa shape index (κ3) is 2.41. The Morgan fingerprint density at radius 2 is 1.65 bits per heavy atom. The molecule has 1 aliphatic rings. The minimum atomic E-state index is -3.44. The smallest absolute Gasteiger partial charge is 0.205 e. The minimum Gasteiger partial charge on any atom is -0.360 e. The molecule has 1 aliphatic heterocycles. The lowest BCUT2D eigenvalue weighted by Gasteiger charge is -2.36. The summed E-state index contributed by atoms with van der Waals surface area (Å²) in [5, 5.41) is 0. The number of halogens is 1. The van der Waals surface area contributed by atoms with Crippen LogP contribution < -0.4 is 0 Å². The van der Waals surface area contributed by atoms with Crippen molar-refractivity contribution < 1.29 is 13.2 Å². The number of hydrogen-bond acceptors (Lipinski definition) is 3. The van der Waals surface area contributed by atoms with E-state index in [1.54, 1.807) is 30.3 Å². The van der Waals surface area contributed by atoms with Crippen LogP contribution in [0.25, 0.3) is 0 Å². The molecule has 1 saturated heterocycles. The molecule has 1 fully saturated rings. The third-order valence-corrected chi connectivity index (χ3v) is 5.98. The Morgan fingerprint density at radius 1 is 1.00 bits per heavy atom. The van der Waals surface area contributed by atoms with Gasteiger partial charge in [0.2, 0.25) is 9.84 Å². The Morgan fingerprint density at radius 3 is 2.20 bits per heavy atom. The number of benzene rings is 2. The predicted molar refractivity (Wildman–Crippen MR) is 80.3 cm³/mol. The van der Waals surface area contributed by atoms with Gasteiger partial charge in [0.05, 0.1) is 11.5 Å². The molecule has 20 heavy (non-hydrogen) atoms. The first kappa shape index (κ1) is 13.8. The molecule has 0 spiro atoms. The highest BCUT2D eigenvalue weighted by Crippen LogP contribution is 2.37. The molecule has 3 nitrogen and oxygen atoms in total. The maximum absolute atomic E-state index is 12.5. The van der Waals surface area contributed by atoms with Crippen LogP contribution in [0.2, 0.25) is 0 Å². The molecule has 104 valence electrons. The topological polar surface area (TPSA) is 43.4 Å². The van der Waals surface area contributed by atoms with E-state index >= 15 is 0 Å².